The average molecular weight is 298 g/mol. The normalized spacial score (nSPS) is 10.5. The lowest BCUT2D eigenvalue weighted by Gasteiger charge is -2.10. The van der Waals surface area contributed by atoms with Crippen molar-refractivity contribution in [3.63, 3.8) is 0 Å². The summed E-state index contributed by atoms with van der Waals surface area (Å²) in [6, 6.07) is 16.3. The van der Waals surface area contributed by atoms with Gasteiger partial charge in [0, 0.05) is 10.4 Å². The van der Waals surface area contributed by atoms with Crippen LogP contribution in [0.15, 0.2) is 54.6 Å². The smallest absolute Gasteiger partial charge is 0.230 e. The van der Waals surface area contributed by atoms with Crippen LogP contribution in [0.3, 0.4) is 0 Å². The second-order valence-electron chi connectivity index (χ2n) is 4.50. The molecule has 2 aromatic carbocycles. The standard InChI is InChI=1S/C16H12ClN3O/c17-11-5-7-12(8-6-11)21-16-13(15(18)19)9-10-3-1-2-4-14(10)20-16/h1-9H,(H3,18,19). The summed E-state index contributed by atoms with van der Waals surface area (Å²) in [6.07, 6.45) is 0. The van der Waals surface area contributed by atoms with E-state index in [9.17, 15) is 0 Å². The summed E-state index contributed by atoms with van der Waals surface area (Å²) in [4.78, 5) is 4.44. The maximum Gasteiger partial charge on any atom is 0.230 e. The van der Waals surface area contributed by atoms with E-state index >= 15 is 0 Å². The first-order valence-electron chi connectivity index (χ1n) is 6.31. The van der Waals surface area contributed by atoms with Crippen molar-refractivity contribution in [3.8, 4) is 11.6 Å². The van der Waals surface area contributed by atoms with Gasteiger partial charge in [0.25, 0.3) is 0 Å². The molecule has 3 N–H and O–H groups in total. The van der Waals surface area contributed by atoms with Crippen LogP contribution in [0.4, 0.5) is 0 Å². The van der Waals surface area contributed by atoms with Gasteiger partial charge in [0.15, 0.2) is 0 Å². The number of hydrogen-bond donors (Lipinski definition) is 2. The van der Waals surface area contributed by atoms with Crippen LogP contribution in [-0.4, -0.2) is 10.8 Å². The molecule has 21 heavy (non-hydrogen) atoms. The van der Waals surface area contributed by atoms with Crippen molar-refractivity contribution in [1.82, 2.24) is 4.98 Å². The Hall–Kier alpha value is -2.59. The average Bonchev–Trinajstić information content (AvgIpc) is 2.48. The number of aromatic nitrogens is 1. The highest BCUT2D eigenvalue weighted by atomic mass is 35.5. The third kappa shape index (κ3) is 2.80. The largest absolute Gasteiger partial charge is 0.438 e. The molecule has 0 aliphatic rings. The van der Waals surface area contributed by atoms with Crippen LogP contribution in [0.25, 0.3) is 10.9 Å². The SMILES string of the molecule is N=C(N)c1cc2ccccc2nc1Oc1ccc(Cl)cc1. The maximum absolute atomic E-state index is 7.69. The summed E-state index contributed by atoms with van der Waals surface area (Å²) < 4.78 is 5.74. The van der Waals surface area contributed by atoms with Crippen LogP contribution >= 0.6 is 11.6 Å². The number of nitrogen functional groups attached to an aromatic ring is 1. The zero-order valence-corrected chi connectivity index (χ0v) is 11.8. The Morgan fingerprint density at radius 2 is 1.81 bits per heavy atom. The van der Waals surface area contributed by atoms with Crippen molar-refractivity contribution in [2.75, 3.05) is 0 Å². The number of para-hydroxylation sites is 1. The molecule has 0 aliphatic carbocycles. The molecule has 0 fully saturated rings. The lowest BCUT2D eigenvalue weighted by atomic mass is 10.1. The number of nitrogens with two attached hydrogens (primary N) is 1. The number of benzene rings is 2. The highest BCUT2D eigenvalue weighted by Gasteiger charge is 2.11. The van der Waals surface area contributed by atoms with Gasteiger partial charge >= 0.3 is 0 Å². The molecule has 0 amide bonds. The van der Waals surface area contributed by atoms with E-state index in [1.807, 2.05) is 24.3 Å². The van der Waals surface area contributed by atoms with E-state index < -0.39 is 0 Å². The third-order valence-electron chi connectivity index (χ3n) is 3.01. The van der Waals surface area contributed by atoms with E-state index in [4.69, 9.17) is 27.5 Å². The number of hydrogen-bond acceptors (Lipinski definition) is 3. The van der Waals surface area contributed by atoms with Crippen molar-refractivity contribution >= 4 is 28.3 Å². The first-order chi connectivity index (χ1) is 10.1. The van der Waals surface area contributed by atoms with E-state index in [0.717, 1.165) is 10.9 Å². The molecular weight excluding hydrogens is 286 g/mol. The van der Waals surface area contributed by atoms with Crippen LogP contribution in [0, 0.1) is 5.41 Å². The molecule has 0 radical (unpaired) electrons. The molecule has 0 aliphatic heterocycles. The number of nitrogens with one attached hydrogen (secondary N) is 1. The fourth-order valence-electron chi connectivity index (χ4n) is 1.98. The predicted molar refractivity (Wildman–Crippen MR) is 84.3 cm³/mol. The molecule has 3 rings (SSSR count). The highest BCUT2D eigenvalue weighted by molar-refractivity contribution is 6.30. The third-order valence-corrected chi connectivity index (χ3v) is 3.26. The Bertz CT molecular complexity index is 815. The van der Waals surface area contributed by atoms with E-state index in [-0.39, 0.29) is 5.84 Å². The Balaban J connectivity index is 2.09. The maximum atomic E-state index is 7.69. The predicted octanol–water partition coefficient (Wildman–Crippen LogP) is 3.96. The summed E-state index contributed by atoms with van der Waals surface area (Å²) in [5, 5.41) is 9.22. The van der Waals surface area contributed by atoms with Crippen LogP contribution in [-0.2, 0) is 0 Å². The van der Waals surface area contributed by atoms with E-state index in [1.165, 1.54) is 0 Å². The molecular formula is C16H12ClN3O. The fourth-order valence-corrected chi connectivity index (χ4v) is 2.11. The van der Waals surface area contributed by atoms with E-state index in [1.54, 1.807) is 30.3 Å². The minimum Gasteiger partial charge on any atom is -0.438 e. The second-order valence-corrected chi connectivity index (χ2v) is 4.94. The Kier molecular flexibility index (Phi) is 3.46. The lowest BCUT2D eigenvalue weighted by molar-refractivity contribution is 0.464. The van der Waals surface area contributed by atoms with Gasteiger partial charge in [-0.2, -0.15) is 0 Å². The number of amidine groups is 1. The van der Waals surface area contributed by atoms with Crippen molar-refractivity contribution in [2.24, 2.45) is 5.73 Å². The van der Waals surface area contributed by atoms with E-state index in [0.29, 0.717) is 22.2 Å². The van der Waals surface area contributed by atoms with Gasteiger partial charge in [-0.05, 0) is 36.4 Å². The molecule has 0 unspecified atom stereocenters. The van der Waals surface area contributed by atoms with Gasteiger partial charge in [-0.25, -0.2) is 4.98 Å². The van der Waals surface area contributed by atoms with Crippen LogP contribution in [0.5, 0.6) is 11.6 Å². The Morgan fingerprint density at radius 3 is 2.52 bits per heavy atom. The number of fused-ring (bicyclic) bond motifs is 1. The van der Waals surface area contributed by atoms with Gasteiger partial charge in [-0.1, -0.05) is 29.8 Å². The minimum absolute atomic E-state index is 0.0859. The quantitative estimate of drug-likeness (QED) is 0.567. The topological polar surface area (TPSA) is 72.0 Å². The number of rotatable bonds is 3. The van der Waals surface area contributed by atoms with Crippen LogP contribution in [0.1, 0.15) is 5.56 Å². The molecule has 0 saturated heterocycles. The van der Waals surface area contributed by atoms with Gasteiger partial charge in [0.1, 0.15) is 11.6 Å². The van der Waals surface area contributed by atoms with E-state index in [2.05, 4.69) is 4.98 Å². The molecule has 0 atom stereocenters. The summed E-state index contributed by atoms with van der Waals surface area (Å²) in [5.74, 6) is 0.811. The fraction of sp³-hybridized carbons (Fsp3) is 0. The van der Waals surface area contributed by atoms with Gasteiger partial charge in [0.05, 0.1) is 11.1 Å². The molecule has 5 heteroatoms. The highest BCUT2D eigenvalue weighted by Crippen LogP contribution is 2.27. The molecule has 1 heterocycles. The first-order valence-corrected chi connectivity index (χ1v) is 6.69. The van der Waals surface area contributed by atoms with Gasteiger partial charge in [-0.3, -0.25) is 5.41 Å². The Morgan fingerprint density at radius 1 is 1.10 bits per heavy atom. The summed E-state index contributed by atoms with van der Waals surface area (Å²) >= 11 is 5.85. The van der Waals surface area contributed by atoms with Crippen LogP contribution < -0.4 is 10.5 Å². The van der Waals surface area contributed by atoms with Gasteiger partial charge < -0.3 is 10.5 Å². The van der Waals surface area contributed by atoms with Crippen molar-refractivity contribution in [1.29, 1.82) is 5.41 Å². The molecule has 0 saturated carbocycles. The zero-order valence-electron chi connectivity index (χ0n) is 11.0. The number of nitrogens with zero attached hydrogens (tertiary/aromatic N) is 1. The summed E-state index contributed by atoms with van der Waals surface area (Å²) in [5.41, 5.74) is 6.87. The second kappa shape index (κ2) is 5.42. The number of ether oxygens (including phenoxy) is 1. The van der Waals surface area contributed by atoms with Gasteiger partial charge in [-0.15, -0.1) is 0 Å². The van der Waals surface area contributed by atoms with Crippen molar-refractivity contribution in [2.45, 2.75) is 0 Å². The van der Waals surface area contributed by atoms with Crippen LogP contribution in [0.2, 0.25) is 5.02 Å². The summed E-state index contributed by atoms with van der Waals surface area (Å²) in [6.45, 7) is 0. The van der Waals surface area contributed by atoms with Crippen molar-refractivity contribution in [3.05, 3.63) is 65.2 Å². The number of halogens is 1. The summed E-state index contributed by atoms with van der Waals surface area (Å²) in [7, 11) is 0. The molecule has 3 aromatic rings. The molecule has 4 nitrogen and oxygen atoms in total. The lowest BCUT2D eigenvalue weighted by Crippen LogP contribution is -2.13. The minimum atomic E-state index is -0.0859. The molecule has 0 bridgehead atoms. The number of pyridine rings is 1. The zero-order chi connectivity index (χ0) is 14.8. The van der Waals surface area contributed by atoms with Crippen molar-refractivity contribution < 1.29 is 4.74 Å². The first kappa shape index (κ1) is 13.4. The Labute approximate surface area is 126 Å². The molecule has 0 spiro atoms. The molecule has 1 aromatic heterocycles. The molecule has 104 valence electrons. The monoisotopic (exact) mass is 297 g/mol. The van der Waals surface area contributed by atoms with Gasteiger partial charge in [0.2, 0.25) is 5.88 Å².